The number of anilines is 2. The van der Waals surface area contributed by atoms with Crippen LogP contribution in [0.3, 0.4) is 0 Å². The predicted molar refractivity (Wildman–Crippen MR) is 248 cm³/mol. The Labute approximate surface area is 378 Å². The van der Waals surface area contributed by atoms with Crippen LogP contribution in [0, 0.1) is 17.3 Å². The van der Waals surface area contributed by atoms with E-state index in [0.717, 1.165) is 10.8 Å². The van der Waals surface area contributed by atoms with Crippen LogP contribution in [0.1, 0.15) is 71.7 Å². The number of hydrogen-bond donors (Lipinski definition) is 5. The molecule has 2 aliphatic rings. The minimum Gasteiger partial charge on any atom is -0.497 e. The second-order valence-corrected chi connectivity index (χ2v) is 19.3. The number of hydrogen-bond acceptors (Lipinski definition) is 12. The van der Waals surface area contributed by atoms with Crippen LogP contribution in [0.4, 0.5) is 15.6 Å². The molecule has 2 aromatic heterocycles. The van der Waals surface area contributed by atoms with Crippen LogP contribution in [-0.4, -0.2) is 113 Å². The van der Waals surface area contributed by atoms with Crippen LogP contribution in [-0.2, 0) is 14.4 Å². The number of likely N-dealkylation sites (tertiary alicyclic amines) is 1. The second kappa shape index (κ2) is 18.9. The summed E-state index contributed by atoms with van der Waals surface area (Å²) in [4.78, 5) is 82.3. The Morgan fingerprint density at radius 3 is 2.28 bits per heavy atom. The van der Waals surface area contributed by atoms with Gasteiger partial charge >= 0.3 is 12.0 Å². The summed E-state index contributed by atoms with van der Waals surface area (Å²) >= 11 is 1.44. The topological polar surface area (TPSA) is 204 Å². The first kappa shape index (κ1) is 47.3. The van der Waals surface area contributed by atoms with E-state index < -0.39 is 64.9 Å². The molecule has 0 bridgehead atoms. The fraction of sp³-hybridized carbons (Fsp3) is 0.468. The highest BCUT2D eigenvalue weighted by Crippen LogP contribution is 2.45. The predicted octanol–water partition coefficient (Wildman–Crippen LogP) is 6.37. The van der Waals surface area contributed by atoms with Gasteiger partial charge in [0.2, 0.25) is 11.8 Å². The Hall–Kier alpha value is -6.23. The van der Waals surface area contributed by atoms with Crippen LogP contribution in [0.2, 0.25) is 0 Å². The largest absolute Gasteiger partial charge is 0.497 e. The van der Waals surface area contributed by atoms with E-state index in [4.69, 9.17) is 19.4 Å². The van der Waals surface area contributed by atoms with Gasteiger partial charge in [-0.05, 0) is 68.0 Å². The molecule has 16 nitrogen and oxygen atoms in total. The molecule has 5 N–H and O–H groups in total. The molecule has 342 valence electrons. The summed E-state index contributed by atoms with van der Waals surface area (Å²) in [6, 6.07) is 10.4. The van der Waals surface area contributed by atoms with E-state index >= 15 is 0 Å². The van der Waals surface area contributed by atoms with Gasteiger partial charge in [0.1, 0.15) is 40.9 Å². The van der Waals surface area contributed by atoms with Crippen molar-refractivity contribution < 1.29 is 38.6 Å². The highest BCUT2D eigenvalue weighted by Gasteiger charge is 2.61. The number of amides is 4. The SMILES string of the molecule is C=C[C@H]1C[C@]1(NC(=O)[C@@H]1C[C@@H](Oc2cc(-c3csc(NC(C)C)n3)nc3cc(OC)ccc23)CN1C(=O)[C@@H](NC(=O)NC(C(=O)c1ccc(N(C)C)cc1)C(C)C)C(C)(C)C)C(=O)O. The normalized spacial score (nSPS) is 20.3. The molecule has 4 amide bonds. The molecule has 1 aliphatic heterocycles. The Kier molecular flexibility index (Phi) is 13.9. The van der Waals surface area contributed by atoms with Crippen molar-refractivity contribution in [1.29, 1.82) is 0 Å². The van der Waals surface area contributed by atoms with Gasteiger partial charge in [0, 0.05) is 66.6 Å². The number of methoxy groups -OCH3 is 1. The van der Waals surface area contributed by atoms with E-state index in [1.807, 2.05) is 70.3 Å². The van der Waals surface area contributed by atoms with E-state index in [1.54, 1.807) is 58.2 Å². The fourth-order valence-electron chi connectivity index (χ4n) is 7.88. The number of carboxylic acid groups (broad SMARTS) is 1. The number of ether oxygens (including phenoxy) is 2. The van der Waals surface area contributed by atoms with E-state index in [1.165, 1.54) is 22.3 Å². The van der Waals surface area contributed by atoms with Gasteiger partial charge in [0.15, 0.2) is 10.9 Å². The van der Waals surface area contributed by atoms with Crippen LogP contribution < -0.4 is 35.6 Å². The molecule has 1 saturated heterocycles. The lowest BCUT2D eigenvalue weighted by Gasteiger charge is -2.36. The van der Waals surface area contributed by atoms with Crippen LogP contribution >= 0.6 is 11.3 Å². The zero-order valence-electron chi connectivity index (χ0n) is 38.1. The fourth-order valence-corrected chi connectivity index (χ4v) is 8.73. The molecule has 0 radical (unpaired) electrons. The van der Waals surface area contributed by atoms with Crippen LogP contribution in [0.5, 0.6) is 11.5 Å². The number of aliphatic carboxylic acids is 1. The molecule has 64 heavy (non-hydrogen) atoms. The maximum atomic E-state index is 14.9. The molecule has 1 unspecified atom stereocenters. The zero-order valence-corrected chi connectivity index (χ0v) is 39.0. The first-order valence-corrected chi connectivity index (χ1v) is 22.3. The molecule has 4 aromatic rings. The van der Waals surface area contributed by atoms with Gasteiger partial charge < -0.3 is 45.6 Å². The molecular weight excluding hydrogens is 837 g/mol. The van der Waals surface area contributed by atoms with Crippen molar-refractivity contribution in [2.24, 2.45) is 17.3 Å². The minimum absolute atomic E-state index is 0.0000865. The third-order valence-corrected chi connectivity index (χ3v) is 12.4. The molecule has 2 aromatic carbocycles. The summed E-state index contributed by atoms with van der Waals surface area (Å²) < 4.78 is 12.2. The lowest BCUT2D eigenvalue weighted by Crippen LogP contribution is -2.61. The number of thiazole rings is 1. The van der Waals surface area contributed by atoms with Crippen molar-refractivity contribution in [1.82, 2.24) is 30.8 Å². The molecule has 1 saturated carbocycles. The molecule has 0 spiro atoms. The van der Waals surface area contributed by atoms with Crippen LogP contribution in [0.15, 0.2) is 66.6 Å². The number of Topliss-reactive ketones (excluding diaryl/α,β-unsaturated/α-hetero) is 1. The first-order chi connectivity index (χ1) is 30.1. The van der Waals surface area contributed by atoms with Crippen molar-refractivity contribution >= 4 is 62.7 Å². The van der Waals surface area contributed by atoms with Gasteiger partial charge in [0.25, 0.3) is 0 Å². The van der Waals surface area contributed by atoms with Crippen molar-refractivity contribution in [3.8, 4) is 22.9 Å². The molecule has 17 heteroatoms. The number of nitrogens with one attached hydrogen (secondary N) is 4. The van der Waals surface area contributed by atoms with E-state index in [0.29, 0.717) is 39.4 Å². The molecule has 6 atom stereocenters. The number of urea groups is 1. The third-order valence-electron chi connectivity index (χ3n) is 11.6. The summed E-state index contributed by atoms with van der Waals surface area (Å²) in [6.07, 6.45) is 0.885. The van der Waals surface area contributed by atoms with Gasteiger partial charge in [-0.15, -0.1) is 17.9 Å². The number of ketones is 1. The summed E-state index contributed by atoms with van der Waals surface area (Å²) in [5.41, 5.74) is 0.588. The lowest BCUT2D eigenvalue weighted by molar-refractivity contribution is -0.146. The maximum Gasteiger partial charge on any atom is 0.330 e. The Morgan fingerprint density at radius 2 is 1.70 bits per heavy atom. The number of pyridine rings is 1. The lowest BCUT2D eigenvalue weighted by atomic mass is 9.85. The number of fused-ring (bicyclic) bond motifs is 1. The molecule has 2 fully saturated rings. The van der Waals surface area contributed by atoms with E-state index in [2.05, 4.69) is 27.8 Å². The number of carbonyl (C=O) groups is 5. The molecule has 1 aliphatic carbocycles. The average molecular weight is 897 g/mol. The van der Waals surface area contributed by atoms with Crippen molar-refractivity contribution in [3.05, 3.63) is 72.1 Å². The molecule has 6 rings (SSSR count). The monoisotopic (exact) mass is 896 g/mol. The number of nitrogens with zero attached hydrogens (tertiary/aromatic N) is 4. The van der Waals surface area contributed by atoms with Gasteiger partial charge in [-0.1, -0.05) is 40.7 Å². The Balaban J connectivity index is 1.31. The van der Waals surface area contributed by atoms with Crippen LogP contribution in [0.25, 0.3) is 22.3 Å². The summed E-state index contributed by atoms with van der Waals surface area (Å²) in [6.45, 7) is 16.7. The highest BCUT2D eigenvalue weighted by atomic mass is 32.1. The third kappa shape index (κ3) is 10.2. The van der Waals surface area contributed by atoms with Gasteiger partial charge in [-0.2, -0.15) is 0 Å². The highest BCUT2D eigenvalue weighted by molar-refractivity contribution is 7.14. The standard InChI is InChI=1S/C47H60N8O8S/c1-12-28-22-47(28,43(59)60)53-41(57)36-20-31(63-37-21-34(35-24-64-45(50-35)48-26(4)5)49-33-19-30(62-11)17-18-32(33)37)23-55(36)42(58)40(46(6,7)8)52-44(61)51-38(25(2)3)39(56)27-13-15-29(16-14-27)54(9)10/h12-19,21,24-26,28,31,36,38,40H,1,20,22-23H2,2-11H3,(H,48,50)(H,53,57)(H,59,60)(H2,51,52,61)/t28-,31+,36-,38?,40+,47+/m0/s1. The molecular formula is C47H60N8O8S. The van der Waals surface area contributed by atoms with Crippen molar-refractivity contribution in [2.75, 3.05) is 38.0 Å². The summed E-state index contributed by atoms with van der Waals surface area (Å²) in [5.74, 6) is -2.55. The number of benzene rings is 2. The molecule has 3 heterocycles. The second-order valence-electron chi connectivity index (χ2n) is 18.5. The van der Waals surface area contributed by atoms with Gasteiger partial charge in [0.05, 0.1) is 30.9 Å². The van der Waals surface area contributed by atoms with Crippen molar-refractivity contribution in [2.45, 2.75) is 97.1 Å². The number of rotatable bonds is 17. The number of carbonyl (C=O) groups excluding carboxylic acids is 4. The van der Waals surface area contributed by atoms with Gasteiger partial charge in [-0.25, -0.2) is 19.6 Å². The maximum absolute atomic E-state index is 14.9. The van der Waals surface area contributed by atoms with Crippen molar-refractivity contribution in [3.63, 3.8) is 0 Å². The first-order valence-electron chi connectivity index (χ1n) is 21.4. The number of carboxylic acids is 1. The summed E-state index contributed by atoms with van der Waals surface area (Å²) in [5, 5.41) is 25.2. The Bertz CT molecular complexity index is 2410. The zero-order chi connectivity index (χ0) is 46.8. The average Bonchev–Trinajstić information content (AvgIpc) is 3.51. The minimum atomic E-state index is -1.56. The number of aromatic nitrogens is 2. The van der Waals surface area contributed by atoms with Gasteiger partial charge in [-0.3, -0.25) is 14.4 Å². The smallest absolute Gasteiger partial charge is 0.330 e. The Morgan fingerprint density at radius 1 is 1.00 bits per heavy atom. The van der Waals surface area contributed by atoms with E-state index in [9.17, 15) is 29.1 Å². The quantitative estimate of drug-likeness (QED) is 0.0580. The van der Waals surface area contributed by atoms with E-state index in [-0.39, 0.29) is 37.1 Å². The summed E-state index contributed by atoms with van der Waals surface area (Å²) in [7, 11) is 5.36.